The minimum absolute atomic E-state index is 0.242. The summed E-state index contributed by atoms with van der Waals surface area (Å²) in [5.74, 6) is -0.529. The molecule has 21 heavy (non-hydrogen) atoms. The van der Waals surface area contributed by atoms with Gasteiger partial charge in [-0.05, 0) is 18.1 Å². The first-order chi connectivity index (χ1) is 10.1. The van der Waals surface area contributed by atoms with Gasteiger partial charge in [-0.25, -0.2) is 0 Å². The molecule has 3 rings (SSSR count). The van der Waals surface area contributed by atoms with Crippen LogP contribution < -0.4 is 9.50 Å². The number of amides is 3. The van der Waals surface area contributed by atoms with Gasteiger partial charge in [-0.15, -0.1) is 0 Å². The van der Waals surface area contributed by atoms with Crippen molar-refractivity contribution in [1.29, 1.82) is 0 Å². The Bertz CT molecular complexity index is 635. The van der Waals surface area contributed by atoms with Crippen LogP contribution in [-0.4, -0.2) is 28.7 Å². The first kappa shape index (κ1) is 14.3. The predicted molar refractivity (Wildman–Crippen MR) is 79.7 cm³/mol. The molecule has 6 nitrogen and oxygen atoms in total. The van der Waals surface area contributed by atoms with Crippen LogP contribution in [0.1, 0.15) is 28.8 Å². The molecule has 0 spiro atoms. The molecule has 1 N–H and O–H groups in total. The van der Waals surface area contributed by atoms with Gasteiger partial charge in [-0.3, -0.25) is 19.7 Å². The molecule has 0 aliphatic carbocycles. The van der Waals surface area contributed by atoms with E-state index in [9.17, 15) is 14.4 Å². The molecule has 0 aromatic heterocycles. The van der Waals surface area contributed by atoms with Crippen LogP contribution in [0.2, 0.25) is 0 Å². The number of carbonyl (C=O) groups is 3. The average Bonchev–Trinajstić information content (AvgIpc) is 2.78. The number of thiol groups is 1. The lowest BCUT2D eigenvalue weighted by atomic mass is 10.0. The molecule has 1 saturated heterocycles. The van der Waals surface area contributed by atoms with E-state index in [1.807, 2.05) is 6.07 Å². The summed E-state index contributed by atoms with van der Waals surface area (Å²) < 4.78 is 5.28. The fourth-order valence-electron chi connectivity index (χ4n) is 2.69. The van der Waals surface area contributed by atoms with Crippen molar-refractivity contribution in [2.45, 2.75) is 25.4 Å². The molecule has 1 unspecified atom stereocenters. The minimum atomic E-state index is -0.612. The largest absolute Gasteiger partial charge is 0.414 e. The summed E-state index contributed by atoms with van der Waals surface area (Å²) in [6.45, 7) is 0.342. The van der Waals surface area contributed by atoms with E-state index in [-0.39, 0.29) is 18.2 Å². The van der Waals surface area contributed by atoms with Crippen molar-refractivity contribution in [1.82, 2.24) is 10.2 Å². The topological polar surface area (TPSA) is 75.7 Å². The van der Waals surface area contributed by atoms with E-state index in [1.54, 1.807) is 12.1 Å². The summed E-state index contributed by atoms with van der Waals surface area (Å²) in [5.41, 5.74) is 1.27. The lowest BCUT2D eigenvalue weighted by Gasteiger charge is -2.29. The maximum Gasteiger partial charge on any atom is 0.259 e. The molecule has 1 aromatic rings. The van der Waals surface area contributed by atoms with Crippen LogP contribution in [-0.2, 0) is 16.1 Å². The van der Waals surface area contributed by atoms with Gasteiger partial charge in [0.25, 0.3) is 5.91 Å². The van der Waals surface area contributed by atoms with Crippen molar-refractivity contribution >= 4 is 40.5 Å². The third kappa shape index (κ3) is 2.49. The van der Waals surface area contributed by atoms with Gasteiger partial charge >= 0.3 is 0 Å². The van der Waals surface area contributed by atoms with Gasteiger partial charge in [0, 0.05) is 13.0 Å². The van der Waals surface area contributed by atoms with Crippen molar-refractivity contribution in [3.8, 4) is 5.75 Å². The van der Waals surface area contributed by atoms with Crippen LogP contribution in [0, 0.1) is 0 Å². The molecule has 1 fully saturated rings. The Labute approximate surface area is 130 Å². The van der Waals surface area contributed by atoms with Gasteiger partial charge in [-0.2, -0.15) is 0 Å². The van der Waals surface area contributed by atoms with Crippen LogP contribution >= 0.6 is 22.7 Å². The molecular weight excluding hydrogens is 312 g/mol. The van der Waals surface area contributed by atoms with E-state index in [2.05, 4.69) is 17.0 Å². The van der Waals surface area contributed by atoms with Gasteiger partial charge in [0.1, 0.15) is 17.1 Å². The van der Waals surface area contributed by atoms with Gasteiger partial charge in [0.05, 0.1) is 5.56 Å². The van der Waals surface area contributed by atoms with Gasteiger partial charge in [0.2, 0.25) is 11.8 Å². The summed E-state index contributed by atoms with van der Waals surface area (Å²) in [5, 5.41) is 2.27. The van der Waals surface area contributed by atoms with Crippen LogP contribution in [0.15, 0.2) is 18.2 Å². The quantitative estimate of drug-likeness (QED) is 0.380. The third-order valence-electron chi connectivity index (χ3n) is 3.64. The monoisotopic (exact) mass is 324 g/mol. The first-order valence-electron chi connectivity index (χ1n) is 6.36. The Morgan fingerprint density at radius 1 is 1.33 bits per heavy atom. The van der Waals surface area contributed by atoms with Crippen molar-refractivity contribution < 1.29 is 18.6 Å². The minimum Gasteiger partial charge on any atom is -0.414 e. The number of imide groups is 1. The van der Waals surface area contributed by atoms with Crippen LogP contribution in [0.25, 0.3) is 0 Å². The van der Waals surface area contributed by atoms with E-state index in [0.29, 0.717) is 24.3 Å². The van der Waals surface area contributed by atoms with Crippen LogP contribution in [0.3, 0.4) is 0 Å². The molecule has 3 amide bonds. The molecule has 1 atom stereocenters. The summed E-state index contributed by atoms with van der Waals surface area (Å²) in [6, 6.07) is 4.70. The van der Waals surface area contributed by atoms with Crippen molar-refractivity contribution in [3.05, 3.63) is 29.3 Å². The normalized spacial score (nSPS) is 21.3. The summed E-state index contributed by atoms with van der Waals surface area (Å²) in [6.07, 6.45) is 0.592. The zero-order chi connectivity index (χ0) is 15.0. The lowest BCUT2D eigenvalue weighted by Crippen LogP contribution is -2.52. The highest BCUT2D eigenvalue weighted by Crippen LogP contribution is 2.35. The van der Waals surface area contributed by atoms with E-state index in [4.69, 9.17) is 4.18 Å². The van der Waals surface area contributed by atoms with Gasteiger partial charge in [-0.1, -0.05) is 23.8 Å². The molecule has 0 bridgehead atoms. The maximum atomic E-state index is 12.6. The predicted octanol–water partition coefficient (Wildman–Crippen LogP) is 1.32. The standard InChI is InChI=1S/C13H12N2O4S2/c16-10-5-4-8(12(17)14-10)15-6-7-2-1-3-9(19-21-20)11(7)13(15)18/h1-3,8,20H,4-6H2,(H,14,16,17). The molecule has 110 valence electrons. The maximum absolute atomic E-state index is 12.6. The molecule has 0 saturated carbocycles. The van der Waals surface area contributed by atoms with E-state index >= 15 is 0 Å². The Morgan fingerprint density at radius 3 is 2.86 bits per heavy atom. The van der Waals surface area contributed by atoms with Crippen molar-refractivity contribution in [2.75, 3.05) is 0 Å². The number of hydrogen-bond acceptors (Lipinski definition) is 6. The Hall–Kier alpha value is -1.67. The first-order valence-corrected chi connectivity index (χ1v) is 8.16. The number of carbonyl (C=O) groups excluding carboxylic acids is 3. The lowest BCUT2D eigenvalue weighted by molar-refractivity contribution is -0.136. The SMILES string of the molecule is O=C1CCC(N2Cc3cccc(OSS)c3C2=O)C(=O)N1. The highest BCUT2D eigenvalue weighted by Gasteiger charge is 2.40. The zero-order valence-electron chi connectivity index (χ0n) is 10.9. The highest BCUT2D eigenvalue weighted by molar-refractivity contribution is 8.66. The van der Waals surface area contributed by atoms with Gasteiger partial charge in [0.15, 0.2) is 5.75 Å². The number of rotatable bonds is 3. The summed E-state index contributed by atoms with van der Waals surface area (Å²) >= 11 is 4.78. The highest BCUT2D eigenvalue weighted by atomic mass is 33.1. The zero-order valence-corrected chi connectivity index (χ0v) is 12.6. The number of fused-ring (bicyclic) bond motifs is 1. The Balaban J connectivity index is 1.88. The number of hydrogen-bond donors (Lipinski definition) is 2. The molecule has 2 heterocycles. The Morgan fingerprint density at radius 2 is 2.14 bits per heavy atom. The van der Waals surface area contributed by atoms with E-state index in [0.717, 1.165) is 16.6 Å². The molecule has 8 heteroatoms. The number of nitrogens with one attached hydrogen (secondary N) is 1. The molecule has 2 aliphatic rings. The number of benzene rings is 1. The smallest absolute Gasteiger partial charge is 0.259 e. The second kappa shape index (κ2) is 5.61. The van der Waals surface area contributed by atoms with Crippen molar-refractivity contribution in [2.24, 2.45) is 0 Å². The molecule has 2 aliphatic heterocycles. The fraction of sp³-hybridized carbons (Fsp3) is 0.308. The second-order valence-electron chi connectivity index (χ2n) is 4.85. The van der Waals surface area contributed by atoms with E-state index in [1.165, 1.54) is 4.90 Å². The molecular formula is C13H12N2O4S2. The fourth-order valence-corrected chi connectivity index (χ4v) is 3.15. The van der Waals surface area contributed by atoms with E-state index < -0.39 is 11.9 Å². The molecule has 1 aromatic carbocycles. The Kier molecular flexibility index (Phi) is 3.81. The summed E-state index contributed by atoms with van der Waals surface area (Å²) in [4.78, 5) is 37.2. The molecule has 0 radical (unpaired) electrons. The third-order valence-corrected chi connectivity index (χ3v) is 4.12. The number of piperidine rings is 1. The van der Waals surface area contributed by atoms with Gasteiger partial charge < -0.3 is 9.08 Å². The van der Waals surface area contributed by atoms with Crippen LogP contribution in [0.5, 0.6) is 5.75 Å². The second-order valence-corrected chi connectivity index (χ2v) is 5.61. The summed E-state index contributed by atoms with van der Waals surface area (Å²) in [7, 11) is 0. The average molecular weight is 324 g/mol. The van der Waals surface area contributed by atoms with Crippen molar-refractivity contribution in [3.63, 3.8) is 0 Å². The van der Waals surface area contributed by atoms with Crippen LogP contribution in [0.4, 0.5) is 0 Å². The number of nitrogens with zero attached hydrogens (tertiary/aromatic N) is 1.